The Balaban J connectivity index is 2.26. The van der Waals surface area contributed by atoms with Crippen molar-refractivity contribution in [3.8, 4) is 0 Å². The molecule has 1 aliphatic carbocycles. The molecule has 64 valence electrons. The second kappa shape index (κ2) is 3.37. The number of hydrogen-bond acceptors (Lipinski definition) is 2. The van der Waals surface area contributed by atoms with Gasteiger partial charge in [0.2, 0.25) is 0 Å². The zero-order valence-corrected chi connectivity index (χ0v) is 7.09. The van der Waals surface area contributed by atoms with Crippen molar-refractivity contribution >= 4 is 0 Å². The Labute approximate surface area is 68.1 Å². The summed E-state index contributed by atoms with van der Waals surface area (Å²) in [6.45, 7) is 2.14. The highest BCUT2D eigenvalue weighted by atomic mass is 16.3. The fourth-order valence-corrected chi connectivity index (χ4v) is 1.44. The van der Waals surface area contributed by atoms with Gasteiger partial charge in [0.05, 0.1) is 6.10 Å². The number of allylic oxidation sites excluding steroid dienone is 1. The van der Waals surface area contributed by atoms with Gasteiger partial charge in [-0.15, -0.1) is 0 Å². The quantitative estimate of drug-likeness (QED) is 0.601. The number of aliphatic hydroxyl groups excluding tert-OH is 1. The van der Waals surface area contributed by atoms with Crippen LogP contribution in [0.15, 0.2) is 12.2 Å². The molecule has 0 spiro atoms. The van der Waals surface area contributed by atoms with E-state index in [1.165, 1.54) is 0 Å². The lowest BCUT2D eigenvalue weighted by Crippen LogP contribution is -2.52. The summed E-state index contributed by atoms with van der Waals surface area (Å²) in [5, 5.41) is 9.03. The SMILES string of the molecule is CCC/C=C/C1(N)CC(O)C1. The molecular weight excluding hydrogens is 138 g/mol. The first-order valence-electron chi connectivity index (χ1n) is 4.31. The van der Waals surface area contributed by atoms with Gasteiger partial charge in [0, 0.05) is 5.54 Å². The predicted octanol–water partition coefficient (Wildman–Crippen LogP) is 1.19. The minimum Gasteiger partial charge on any atom is -0.393 e. The van der Waals surface area contributed by atoms with Gasteiger partial charge >= 0.3 is 0 Å². The first kappa shape index (κ1) is 8.75. The average molecular weight is 155 g/mol. The maximum Gasteiger partial charge on any atom is 0.0581 e. The third-order valence-electron chi connectivity index (χ3n) is 2.14. The Kier molecular flexibility index (Phi) is 2.68. The standard InChI is InChI=1S/C9H17NO/c1-2-3-4-5-9(10)6-8(11)7-9/h4-5,8,11H,2-3,6-7,10H2,1H3/b5-4+. The second-order valence-electron chi connectivity index (χ2n) is 3.49. The maximum absolute atomic E-state index is 9.03. The van der Waals surface area contributed by atoms with Gasteiger partial charge in [-0.2, -0.15) is 0 Å². The highest BCUT2D eigenvalue weighted by molar-refractivity contribution is 5.12. The van der Waals surface area contributed by atoms with Gasteiger partial charge in [0.15, 0.2) is 0 Å². The van der Waals surface area contributed by atoms with Crippen LogP contribution in [0.2, 0.25) is 0 Å². The molecule has 11 heavy (non-hydrogen) atoms. The lowest BCUT2D eigenvalue weighted by molar-refractivity contribution is 0.0455. The maximum atomic E-state index is 9.03. The summed E-state index contributed by atoms with van der Waals surface area (Å²) >= 11 is 0. The number of hydrogen-bond donors (Lipinski definition) is 2. The summed E-state index contributed by atoms with van der Waals surface area (Å²) in [6, 6.07) is 0. The minimum atomic E-state index is -0.186. The molecule has 0 heterocycles. The van der Waals surface area contributed by atoms with Gasteiger partial charge in [-0.3, -0.25) is 0 Å². The molecule has 0 radical (unpaired) electrons. The lowest BCUT2D eigenvalue weighted by Gasteiger charge is -2.39. The largest absolute Gasteiger partial charge is 0.393 e. The van der Waals surface area contributed by atoms with E-state index in [4.69, 9.17) is 10.8 Å². The highest BCUT2D eigenvalue weighted by Gasteiger charge is 2.37. The van der Waals surface area contributed by atoms with E-state index in [1.807, 2.05) is 6.08 Å². The average Bonchev–Trinajstić information content (AvgIpc) is 1.85. The van der Waals surface area contributed by atoms with Crippen molar-refractivity contribution in [1.82, 2.24) is 0 Å². The molecule has 0 aromatic heterocycles. The van der Waals surface area contributed by atoms with Crippen molar-refractivity contribution in [1.29, 1.82) is 0 Å². The molecular formula is C9H17NO. The van der Waals surface area contributed by atoms with E-state index in [0.717, 1.165) is 25.7 Å². The number of aliphatic hydroxyl groups is 1. The predicted molar refractivity (Wildman–Crippen MR) is 46.2 cm³/mol. The fraction of sp³-hybridized carbons (Fsp3) is 0.778. The molecule has 1 fully saturated rings. The van der Waals surface area contributed by atoms with Gasteiger partial charge in [0.25, 0.3) is 0 Å². The molecule has 0 aromatic carbocycles. The monoisotopic (exact) mass is 155 g/mol. The van der Waals surface area contributed by atoms with E-state index in [2.05, 4.69) is 13.0 Å². The van der Waals surface area contributed by atoms with Crippen LogP contribution in [-0.4, -0.2) is 16.7 Å². The first-order chi connectivity index (χ1) is 5.16. The molecule has 2 heteroatoms. The molecule has 2 nitrogen and oxygen atoms in total. The molecule has 0 saturated heterocycles. The lowest BCUT2D eigenvalue weighted by atomic mass is 9.75. The molecule has 0 aliphatic heterocycles. The van der Waals surface area contributed by atoms with E-state index in [9.17, 15) is 0 Å². The smallest absolute Gasteiger partial charge is 0.0581 e. The van der Waals surface area contributed by atoms with Crippen LogP contribution in [0.5, 0.6) is 0 Å². The van der Waals surface area contributed by atoms with Crippen LogP contribution >= 0.6 is 0 Å². The van der Waals surface area contributed by atoms with Crippen LogP contribution in [-0.2, 0) is 0 Å². The third kappa shape index (κ3) is 2.31. The van der Waals surface area contributed by atoms with Crippen LogP contribution in [0, 0.1) is 0 Å². The zero-order valence-electron chi connectivity index (χ0n) is 7.09. The van der Waals surface area contributed by atoms with Gasteiger partial charge in [-0.1, -0.05) is 25.5 Å². The Hall–Kier alpha value is -0.340. The van der Waals surface area contributed by atoms with Crippen molar-refractivity contribution in [3.05, 3.63) is 12.2 Å². The summed E-state index contributed by atoms with van der Waals surface area (Å²) in [5.74, 6) is 0. The van der Waals surface area contributed by atoms with E-state index in [0.29, 0.717) is 0 Å². The number of nitrogens with two attached hydrogens (primary N) is 1. The molecule has 1 aliphatic rings. The minimum absolute atomic E-state index is 0.161. The second-order valence-corrected chi connectivity index (χ2v) is 3.49. The van der Waals surface area contributed by atoms with Crippen molar-refractivity contribution in [2.45, 2.75) is 44.2 Å². The molecule has 1 rings (SSSR count). The van der Waals surface area contributed by atoms with Crippen LogP contribution in [0.4, 0.5) is 0 Å². The summed E-state index contributed by atoms with van der Waals surface area (Å²) < 4.78 is 0. The van der Waals surface area contributed by atoms with Crippen molar-refractivity contribution in [3.63, 3.8) is 0 Å². The van der Waals surface area contributed by atoms with Crippen LogP contribution < -0.4 is 5.73 Å². The van der Waals surface area contributed by atoms with E-state index in [1.54, 1.807) is 0 Å². The zero-order chi connectivity index (χ0) is 8.32. The van der Waals surface area contributed by atoms with Crippen LogP contribution in [0.3, 0.4) is 0 Å². The van der Waals surface area contributed by atoms with E-state index in [-0.39, 0.29) is 11.6 Å². The third-order valence-corrected chi connectivity index (χ3v) is 2.14. The van der Waals surface area contributed by atoms with Gasteiger partial charge in [0.1, 0.15) is 0 Å². The Morgan fingerprint density at radius 3 is 2.73 bits per heavy atom. The Morgan fingerprint density at radius 1 is 1.64 bits per heavy atom. The van der Waals surface area contributed by atoms with Gasteiger partial charge in [-0.25, -0.2) is 0 Å². The summed E-state index contributed by atoms with van der Waals surface area (Å²) in [5.41, 5.74) is 5.70. The Morgan fingerprint density at radius 2 is 2.27 bits per heavy atom. The van der Waals surface area contributed by atoms with Gasteiger partial charge < -0.3 is 10.8 Å². The molecule has 0 unspecified atom stereocenters. The van der Waals surface area contributed by atoms with Crippen LogP contribution in [0.25, 0.3) is 0 Å². The first-order valence-corrected chi connectivity index (χ1v) is 4.31. The molecule has 0 aromatic rings. The molecule has 1 saturated carbocycles. The summed E-state index contributed by atoms with van der Waals surface area (Å²) in [4.78, 5) is 0. The molecule has 0 bridgehead atoms. The summed E-state index contributed by atoms with van der Waals surface area (Å²) in [6.07, 6.45) is 7.71. The molecule has 0 atom stereocenters. The fourth-order valence-electron chi connectivity index (χ4n) is 1.44. The van der Waals surface area contributed by atoms with Crippen molar-refractivity contribution in [2.24, 2.45) is 5.73 Å². The summed E-state index contributed by atoms with van der Waals surface area (Å²) in [7, 11) is 0. The van der Waals surface area contributed by atoms with Crippen molar-refractivity contribution in [2.75, 3.05) is 0 Å². The molecule has 3 N–H and O–H groups in total. The Bertz CT molecular complexity index is 148. The van der Waals surface area contributed by atoms with Gasteiger partial charge in [-0.05, 0) is 19.3 Å². The highest BCUT2D eigenvalue weighted by Crippen LogP contribution is 2.30. The topological polar surface area (TPSA) is 46.2 Å². The number of rotatable bonds is 3. The number of unbranched alkanes of at least 4 members (excludes halogenated alkanes) is 1. The molecule has 0 amide bonds. The van der Waals surface area contributed by atoms with Crippen LogP contribution in [0.1, 0.15) is 32.6 Å². The normalized spacial score (nSPS) is 37.5. The van der Waals surface area contributed by atoms with E-state index >= 15 is 0 Å². The van der Waals surface area contributed by atoms with E-state index < -0.39 is 0 Å². The van der Waals surface area contributed by atoms with Crippen molar-refractivity contribution < 1.29 is 5.11 Å².